The van der Waals surface area contributed by atoms with Crippen LogP contribution in [-0.2, 0) is 9.84 Å². The van der Waals surface area contributed by atoms with Crippen molar-refractivity contribution in [2.24, 2.45) is 11.8 Å². The molecule has 2 aliphatic rings. The summed E-state index contributed by atoms with van der Waals surface area (Å²) < 4.78 is 23.6. The third kappa shape index (κ3) is 3.15. The molecule has 0 aromatic carbocycles. The molecule has 0 spiro atoms. The van der Waals surface area contributed by atoms with Crippen molar-refractivity contribution in [3.05, 3.63) is 0 Å². The summed E-state index contributed by atoms with van der Waals surface area (Å²) in [7, 11) is -2.96. The van der Waals surface area contributed by atoms with Crippen LogP contribution in [0, 0.1) is 11.8 Å². The van der Waals surface area contributed by atoms with Gasteiger partial charge in [-0.3, -0.25) is 0 Å². The van der Waals surface area contributed by atoms with Crippen molar-refractivity contribution in [1.82, 2.24) is 0 Å². The molecule has 2 saturated carbocycles. The van der Waals surface area contributed by atoms with E-state index in [1.165, 1.54) is 12.7 Å². The summed E-state index contributed by atoms with van der Waals surface area (Å²) in [6, 6.07) is 0. The SMILES string of the molecule is CCC1CCCCC1(O)C1CCCC(S(C)(=O)=O)C1. The van der Waals surface area contributed by atoms with E-state index >= 15 is 0 Å². The maximum Gasteiger partial charge on any atom is 0.150 e. The van der Waals surface area contributed by atoms with Gasteiger partial charge < -0.3 is 5.11 Å². The Balaban J connectivity index is 2.15. The molecule has 112 valence electrons. The molecule has 4 unspecified atom stereocenters. The van der Waals surface area contributed by atoms with E-state index in [-0.39, 0.29) is 11.2 Å². The summed E-state index contributed by atoms with van der Waals surface area (Å²) in [5.74, 6) is 0.552. The van der Waals surface area contributed by atoms with Crippen LogP contribution >= 0.6 is 0 Å². The molecule has 0 aromatic rings. The van der Waals surface area contributed by atoms with Gasteiger partial charge in [-0.25, -0.2) is 8.42 Å². The maximum absolute atomic E-state index is 11.8. The Kier molecular flexibility index (Phi) is 4.61. The van der Waals surface area contributed by atoms with Crippen LogP contribution in [0.1, 0.15) is 64.7 Å². The van der Waals surface area contributed by atoms with Crippen molar-refractivity contribution in [1.29, 1.82) is 0 Å². The van der Waals surface area contributed by atoms with Gasteiger partial charge >= 0.3 is 0 Å². The van der Waals surface area contributed by atoms with Gasteiger partial charge in [0.15, 0.2) is 0 Å². The lowest BCUT2D eigenvalue weighted by Crippen LogP contribution is -2.49. The minimum atomic E-state index is -2.96. The van der Waals surface area contributed by atoms with Crippen LogP contribution in [0.5, 0.6) is 0 Å². The van der Waals surface area contributed by atoms with Crippen molar-refractivity contribution in [3.63, 3.8) is 0 Å². The number of rotatable bonds is 3. The fourth-order valence-electron chi connectivity index (χ4n) is 4.34. The lowest BCUT2D eigenvalue weighted by molar-refractivity contribution is -0.105. The van der Waals surface area contributed by atoms with Gasteiger partial charge in [-0.1, -0.05) is 32.6 Å². The molecule has 3 nitrogen and oxygen atoms in total. The molecule has 19 heavy (non-hydrogen) atoms. The molecule has 1 N–H and O–H groups in total. The van der Waals surface area contributed by atoms with Gasteiger partial charge in [0.2, 0.25) is 0 Å². The summed E-state index contributed by atoms with van der Waals surface area (Å²) in [6.45, 7) is 2.15. The topological polar surface area (TPSA) is 54.4 Å². The molecule has 0 aliphatic heterocycles. The van der Waals surface area contributed by atoms with Crippen LogP contribution in [0.4, 0.5) is 0 Å². The van der Waals surface area contributed by atoms with Crippen molar-refractivity contribution >= 4 is 9.84 Å². The van der Waals surface area contributed by atoms with Crippen LogP contribution in [-0.4, -0.2) is 30.6 Å². The zero-order chi connectivity index (χ0) is 14.1. The molecule has 0 saturated heterocycles. The van der Waals surface area contributed by atoms with E-state index in [4.69, 9.17) is 0 Å². The van der Waals surface area contributed by atoms with Gasteiger partial charge in [0.25, 0.3) is 0 Å². The van der Waals surface area contributed by atoms with Gasteiger partial charge in [0, 0.05) is 6.26 Å². The average Bonchev–Trinajstić information content (AvgIpc) is 2.38. The highest BCUT2D eigenvalue weighted by molar-refractivity contribution is 7.91. The van der Waals surface area contributed by atoms with E-state index in [9.17, 15) is 13.5 Å². The largest absolute Gasteiger partial charge is 0.389 e. The molecule has 2 aliphatic carbocycles. The van der Waals surface area contributed by atoms with Gasteiger partial charge in [0.05, 0.1) is 10.9 Å². The first kappa shape index (κ1) is 15.3. The second kappa shape index (κ2) is 5.72. The molecule has 0 amide bonds. The Morgan fingerprint density at radius 1 is 1.16 bits per heavy atom. The molecular formula is C15H28O3S. The van der Waals surface area contributed by atoms with E-state index in [1.807, 2.05) is 0 Å². The summed E-state index contributed by atoms with van der Waals surface area (Å²) >= 11 is 0. The quantitative estimate of drug-likeness (QED) is 0.868. The Morgan fingerprint density at radius 3 is 2.53 bits per heavy atom. The maximum atomic E-state index is 11.8. The van der Waals surface area contributed by atoms with E-state index in [0.717, 1.165) is 44.9 Å². The second-order valence-corrected chi connectivity index (χ2v) is 8.98. The van der Waals surface area contributed by atoms with Gasteiger partial charge in [-0.05, 0) is 43.9 Å². The summed E-state index contributed by atoms with van der Waals surface area (Å²) in [5.41, 5.74) is -0.601. The second-order valence-electron chi connectivity index (χ2n) is 6.66. The molecular weight excluding hydrogens is 260 g/mol. The first-order chi connectivity index (χ1) is 8.88. The molecule has 0 bridgehead atoms. The van der Waals surface area contributed by atoms with E-state index in [1.54, 1.807) is 0 Å². The molecule has 2 rings (SSSR count). The highest BCUT2D eigenvalue weighted by Crippen LogP contribution is 2.46. The number of aliphatic hydroxyl groups is 1. The van der Waals surface area contributed by atoms with Crippen molar-refractivity contribution in [2.45, 2.75) is 75.6 Å². The predicted octanol–water partition coefficient (Wildman–Crippen LogP) is 2.92. The molecule has 2 fully saturated rings. The first-order valence-electron chi connectivity index (χ1n) is 7.79. The zero-order valence-electron chi connectivity index (χ0n) is 12.3. The van der Waals surface area contributed by atoms with Crippen molar-refractivity contribution in [3.8, 4) is 0 Å². The molecule has 4 atom stereocenters. The Morgan fingerprint density at radius 2 is 1.89 bits per heavy atom. The van der Waals surface area contributed by atoms with Gasteiger partial charge in [0.1, 0.15) is 9.84 Å². The minimum Gasteiger partial charge on any atom is -0.389 e. The van der Waals surface area contributed by atoms with Crippen LogP contribution in [0.3, 0.4) is 0 Å². The highest BCUT2D eigenvalue weighted by atomic mass is 32.2. The van der Waals surface area contributed by atoms with Gasteiger partial charge in [-0.15, -0.1) is 0 Å². The fourth-order valence-corrected chi connectivity index (χ4v) is 5.51. The minimum absolute atomic E-state index is 0.186. The van der Waals surface area contributed by atoms with Gasteiger partial charge in [-0.2, -0.15) is 0 Å². The summed E-state index contributed by atoms with van der Waals surface area (Å²) in [5, 5.41) is 10.9. The molecule has 0 aromatic heterocycles. The summed E-state index contributed by atoms with van der Waals surface area (Å²) in [6.07, 6.45) is 10.0. The fraction of sp³-hybridized carbons (Fsp3) is 1.00. The Hall–Kier alpha value is -0.0900. The number of hydrogen-bond donors (Lipinski definition) is 1. The van der Waals surface area contributed by atoms with Crippen LogP contribution in [0.2, 0.25) is 0 Å². The van der Waals surface area contributed by atoms with Crippen molar-refractivity contribution in [2.75, 3.05) is 6.26 Å². The lowest BCUT2D eigenvalue weighted by Gasteiger charge is -2.47. The van der Waals surface area contributed by atoms with E-state index in [0.29, 0.717) is 12.3 Å². The first-order valence-corrected chi connectivity index (χ1v) is 9.74. The number of sulfone groups is 1. The zero-order valence-corrected chi connectivity index (χ0v) is 13.1. The standard InChI is InChI=1S/C15H28O3S/c1-3-12-7-4-5-10-15(12,16)13-8-6-9-14(11-13)19(2,17)18/h12-14,16H,3-11H2,1-2H3. The molecule has 4 heteroatoms. The third-order valence-electron chi connectivity index (χ3n) is 5.52. The lowest BCUT2D eigenvalue weighted by atomic mass is 9.63. The normalized spacial score (nSPS) is 41.1. The Labute approximate surface area is 117 Å². The molecule has 0 heterocycles. The van der Waals surface area contributed by atoms with Crippen LogP contribution < -0.4 is 0 Å². The monoisotopic (exact) mass is 288 g/mol. The third-order valence-corrected chi connectivity index (χ3v) is 7.16. The van der Waals surface area contributed by atoms with Crippen LogP contribution in [0.15, 0.2) is 0 Å². The molecule has 0 radical (unpaired) electrons. The van der Waals surface area contributed by atoms with Crippen LogP contribution in [0.25, 0.3) is 0 Å². The van der Waals surface area contributed by atoms with E-state index in [2.05, 4.69) is 6.92 Å². The number of hydrogen-bond acceptors (Lipinski definition) is 3. The predicted molar refractivity (Wildman–Crippen MR) is 77.8 cm³/mol. The average molecular weight is 288 g/mol. The van der Waals surface area contributed by atoms with Crippen molar-refractivity contribution < 1.29 is 13.5 Å². The smallest absolute Gasteiger partial charge is 0.150 e. The van der Waals surface area contributed by atoms with E-state index < -0.39 is 15.4 Å². The summed E-state index contributed by atoms with van der Waals surface area (Å²) in [4.78, 5) is 0. The Bertz CT molecular complexity index is 404. The highest BCUT2D eigenvalue weighted by Gasteiger charge is 2.46.